The van der Waals surface area contributed by atoms with Crippen molar-refractivity contribution < 1.29 is 9.13 Å². The number of hydrogen-bond donors (Lipinski definition) is 0. The Morgan fingerprint density at radius 2 is 2.32 bits per heavy atom. The quantitative estimate of drug-likeness (QED) is 0.428. The van der Waals surface area contributed by atoms with Crippen LogP contribution in [0.2, 0.25) is 0 Å². The number of halogens is 3. The molecule has 3 nitrogen and oxygen atoms in total. The molecule has 0 aliphatic rings. The van der Waals surface area contributed by atoms with Gasteiger partial charge in [-0.25, -0.2) is 14.4 Å². The third-order valence-electron chi connectivity index (χ3n) is 2.48. The summed E-state index contributed by atoms with van der Waals surface area (Å²) in [5.74, 6) is -0.335. The van der Waals surface area contributed by atoms with Gasteiger partial charge in [-0.05, 0) is 29.5 Å². The number of benzene rings is 1. The summed E-state index contributed by atoms with van der Waals surface area (Å²) in [5, 5.41) is 0.669. The third kappa shape index (κ3) is 3.12. The van der Waals surface area contributed by atoms with E-state index in [1.807, 2.05) is 29.5 Å². The van der Waals surface area contributed by atoms with Crippen molar-refractivity contribution in [3.8, 4) is 0 Å². The second-order valence-corrected chi connectivity index (χ2v) is 7.16. The molecule has 0 aliphatic carbocycles. The second kappa shape index (κ2) is 6.51. The van der Waals surface area contributed by atoms with E-state index in [1.54, 1.807) is 13.3 Å². The molecule has 1 unspecified atom stereocenters. The molecular weight excluding hydrogens is 402 g/mol. The number of ether oxygens (including phenoxy) is 1. The van der Waals surface area contributed by atoms with Crippen LogP contribution in [0.4, 0.5) is 4.39 Å². The van der Waals surface area contributed by atoms with Crippen molar-refractivity contribution in [3.05, 3.63) is 27.5 Å². The van der Waals surface area contributed by atoms with Crippen molar-refractivity contribution in [2.45, 2.75) is 23.1 Å². The molecule has 2 rings (SSSR count). The van der Waals surface area contributed by atoms with Gasteiger partial charge in [-0.15, -0.1) is 23.4 Å². The van der Waals surface area contributed by atoms with Gasteiger partial charge in [-0.1, -0.05) is 0 Å². The van der Waals surface area contributed by atoms with Crippen LogP contribution in [0.1, 0.15) is 12.5 Å². The number of nitrogens with zero attached hydrogens (tertiary/aromatic N) is 2. The molecule has 1 heterocycles. The van der Waals surface area contributed by atoms with Gasteiger partial charge in [0.05, 0.1) is 14.9 Å². The van der Waals surface area contributed by atoms with E-state index in [4.69, 9.17) is 16.3 Å². The summed E-state index contributed by atoms with van der Waals surface area (Å²) in [6.45, 7) is 2.22. The van der Waals surface area contributed by atoms with Gasteiger partial charge in [0, 0.05) is 29.2 Å². The topological polar surface area (TPSA) is 35.0 Å². The number of thioether (sulfide) groups is 1. The molecule has 1 atom stereocenters. The summed E-state index contributed by atoms with van der Waals surface area (Å²) in [6, 6.07) is 0. The zero-order valence-electron chi connectivity index (χ0n) is 10.3. The number of methoxy groups -OCH3 is 1. The Kier molecular flexibility index (Phi) is 5.22. The van der Waals surface area contributed by atoms with E-state index in [0.29, 0.717) is 21.1 Å². The summed E-state index contributed by atoms with van der Waals surface area (Å²) in [4.78, 5) is 8.78. The maximum Gasteiger partial charge on any atom is 0.163 e. The molecule has 0 aliphatic heterocycles. The van der Waals surface area contributed by atoms with E-state index in [0.717, 1.165) is 10.5 Å². The smallest absolute Gasteiger partial charge is 0.163 e. The minimum atomic E-state index is -0.335. The fourth-order valence-electron chi connectivity index (χ4n) is 1.76. The van der Waals surface area contributed by atoms with Crippen LogP contribution in [0, 0.1) is 9.39 Å². The Bertz CT molecular complexity index is 612. The van der Waals surface area contributed by atoms with Gasteiger partial charge in [0.2, 0.25) is 0 Å². The minimum absolute atomic E-state index is 0.161. The Balaban J connectivity index is 2.77. The predicted molar refractivity (Wildman–Crippen MR) is 84.1 cm³/mol. The van der Waals surface area contributed by atoms with Crippen LogP contribution in [-0.2, 0) is 11.3 Å². The molecular formula is C12H11ClFIN2OS. The Morgan fingerprint density at radius 1 is 1.58 bits per heavy atom. The van der Waals surface area contributed by atoms with Crippen molar-refractivity contribution in [3.63, 3.8) is 0 Å². The highest BCUT2D eigenvalue weighted by Gasteiger charge is 2.20. The van der Waals surface area contributed by atoms with Gasteiger partial charge >= 0.3 is 0 Å². The molecule has 0 fully saturated rings. The van der Waals surface area contributed by atoms with Crippen LogP contribution in [-0.4, -0.2) is 21.8 Å². The molecule has 0 amide bonds. The Morgan fingerprint density at radius 3 is 2.95 bits per heavy atom. The standard InChI is InChI=1S/C12H11ClFIN2OS/c1-6(13)19-12-8(4-18-2)7-3-16-5-17-11(7)9(14)10(12)15/h3,5-6H,4H2,1-2H3. The van der Waals surface area contributed by atoms with Gasteiger partial charge in [0.1, 0.15) is 11.8 Å². The Labute approximate surface area is 133 Å². The van der Waals surface area contributed by atoms with Crippen LogP contribution in [0.3, 0.4) is 0 Å². The van der Waals surface area contributed by atoms with E-state index in [2.05, 4.69) is 9.97 Å². The Hall–Kier alpha value is -0.180. The van der Waals surface area contributed by atoms with E-state index < -0.39 is 0 Å². The third-order valence-corrected chi connectivity index (χ3v) is 5.14. The summed E-state index contributed by atoms with van der Waals surface area (Å²) in [6.07, 6.45) is 2.95. The second-order valence-electron chi connectivity index (χ2n) is 3.81. The number of alkyl halides is 1. The molecule has 0 radical (unpaired) electrons. The van der Waals surface area contributed by atoms with Crippen LogP contribution < -0.4 is 0 Å². The van der Waals surface area contributed by atoms with E-state index in [1.165, 1.54) is 18.1 Å². The van der Waals surface area contributed by atoms with Gasteiger partial charge < -0.3 is 4.74 Å². The molecule has 1 aromatic heterocycles. The fraction of sp³-hybridized carbons (Fsp3) is 0.333. The SMILES string of the molecule is COCc1c(SC(C)Cl)c(I)c(F)c2ncncc12. The van der Waals surface area contributed by atoms with Gasteiger partial charge in [0.25, 0.3) is 0 Å². The molecule has 0 saturated carbocycles. The van der Waals surface area contributed by atoms with Crippen molar-refractivity contribution in [2.75, 3.05) is 7.11 Å². The fourth-order valence-corrected chi connectivity index (χ4v) is 3.82. The molecule has 0 bridgehead atoms. The lowest BCUT2D eigenvalue weighted by molar-refractivity contribution is 0.184. The van der Waals surface area contributed by atoms with Crippen molar-refractivity contribution in [1.29, 1.82) is 0 Å². The number of rotatable bonds is 4. The summed E-state index contributed by atoms with van der Waals surface area (Å²) >= 11 is 9.41. The highest BCUT2D eigenvalue weighted by atomic mass is 127. The molecule has 19 heavy (non-hydrogen) atoms. The lowest BCUT2D eigenvalue weighted by Crippen LogP contribution is -2.02. The summed E-state index contributed by atoms with van der Waals surface area (Å²) < 4.78 is 19.9. The van der Waals surface area contributed by atoms with Gasteiger partial charge in [0.15, 0.2) is 5.82 Å². The maximum atomic E-state index is 14.3. The average molecular weight is 413 g/mol. The molecule has 1 aromatic carbocycles. The lowest BCUT2D eigenvalue weighted by Gasteiger charge is -2.15. The normalized spacial score (nSPS) is 12.9. The number of aromatic nitrogens is 2. The monoisotopic (exact) mass is 412 g/mol. The molecule has 0 spiro atoms. The highest BCUT2D eigenvalue weighted by molar-refractivity contribution is 14.1. The largest absolute Gasteiger partial charge is 0.380 e. The zero-order chi connectivity index (χ0) is 14.0. The van der Waals surface area contributed by atoms with Crippen LogP contribution in [0.25, 0.3) is 10.9 Å². The van der Waals surface area contributed by atoms with Gasteiger partial charge in [-0.3, -0.25) is 0 Å². The van der Waals surface area contributed by atoms with Crippen LogP contribution >= 0.6 is 46.0 Å². The molecule has 0 N–H and O–H groups in total. The van der Waals surface area contributed by atoms with Crippen molar-refractivity contribution >= 4 is 56.9 Å². The summed E-state index contributed by atoms with van der Waals surface area (Å²) in [5.41, 5.74) is 1.19. The van der Waals surface area contributed by atoms with E-state index >= 15 is 0 Å². The van der Waals surface area contributed by atoms with E-state index in [-0.39, 0.29) is 10.5 Å². The highest BCUT2D eigenvalue weighted by Crippen LogP contribution is 2.38. The maximum absolute atomic E-state index is 14.3. The minimum Gasteiger partial charge on any atom is -0.380 e. The first-order valence-electron chi connectivity index (χ1n) is 5.45. The molecule has 7 heteroatoms. The van der Waals surface area contributed by atoms with Gasteiger partial charge in [-0.2, -0.15) is 0 Å². The van der Waals surface area contributed by atoms with Crippen molar-refractivity contribution in [2.24, 2.45) is 0 Å². The van der Waals surface area contributed by atoms with Crippen molar-refractivity contribution in [1.82, 2.24) is 9.97 Å². The summed E-state index contributed by atoms with van der Waals surface area (Å²) in [7, 11) is 1.60. The van der Waals surface area contributed by atoms with Crippen LogP contribution in [0.5, 0.6) is 0 Å². The first-order valence-corrected chi connectivity index (χ1v) is 7.85. The molecule has 2 aromatic rings. The first-order chi connectivity index (χ1) is 9.06. The molecule has 102 valence electrons. The molecule has 0 saturated heterocycles. The first kappa shape index (κ1) is 15.2. The van der Waals surface area contributed by atoms with Crippen LogP contribution in [0.15, 0.2) is 17.4 Å². The van der Waals surface area contributed by atoms with E-state index in [9.17, 15) is 4.39 Å². The number of fused-ring (bicyclic) bond motifs is 1. The predicted octanol–water partition coefficient (Wildman–Crippen LogP) is 4.20. The zero-order valence-corrected chi connectivity index (χ0v) is 14.0. The number of hydrogen-bond acceptors (Lipinski definition) is 4. The average Bonchev–Trinajstić information content (AvgIpc) is 2.39. The lowest BCUT2D eigenvalue weighted by atomic mass is 10.1.